The van der Waals surface area contributed by atoms with Crippen LogP contribution in [-0.2, 0) is 6.42 Å². The van der Waals surface area contributed by atoms with E-state index in [0.29, 0.717) is 12.2 Å². The summed E-state index contributed by atoms with van der Waals surface area (Å²) in [7, 11) is 0. The molecule has 1 aliphatic heterocycles. The van der Waals surface area contributed by atoms with Gasteiger partial charge < -0.3 is 4.74 Å². The molecule has 0 saturated heterocycles. The number of allylic oxidation sites excluding steroid dienone is 1. The van der Waals surface area contributed by atoms with Crippen LogP contribution < -0.4 is 4.74 Å². The first-order valence-electron chi connectivity index (χ1n) is 3.87. The molecule has 66 valence electrons. The van der Waals surface area contributed by atoms with E-state index < -0.39 is 4.92 Å². The van der Waals surface area contributed by atoms with Gasteiger partial charge in [-0.1, -0.05) is 18.2 Å². The zero-order valence-corrected chi connectivity index (χ0v) is 6.77. The van der Waals surface area contributed by atoms with Gasteiger partial charge in [-0.2, -0.15) is 0 Å². The summed E-state index contributed by atoms with van der Waals surface area (Å²) in [6, 6.07) is 7.29. The number of nitrogens with zero attached hydrogens (tertiary/aromatic N) is 1. The lowest BCUT2D eigenvalue weighted by atomic mass is 10.1. The van der Waals surface area contributed by atoms with E-state index in [2.05, 4.69) is 0 Å². The lowest BCUT2D eigenvalue weighted by Gasteiger charge is -2.11. The zero-order valence-electron chi connectivity index (χ0n) is 6.77. The van der Waals surface area contributed by atoms with Crippen LogP contribution >= 0.6 is 0 Å². The molecule has 0 radical (unpaired) electrons. The Morgan fingerprint density at radius 2 is 2.15 bits per heavy atom. The highest BCUT2D eigenvalue weighted by atomic mass is 16.7. The first-order valence-corrected chi connectivity index (χ1v) is 3.87. The highest BCUT2D eigenvalue weighted by molar-refractivity contribution is 5.37. The van der Waals surface area contributed by atoms with Gasteiger partial charge in [-0.25, -0.2) is 0 Å². The topological polar surface area (TPSA) is 52.4 Å². The van der Waals surface area contributed by atoms with E-state index in [1.54, 1.807) is 12.1 Å². The molecule has 13 heavy (non-hydrogen) atoms. The van der Waals surface area contributed by atoms with Gasteiger partial charge in [0, 0.05) is 12.5 Å². The van der Waals surface area contributed by atoms with Crippen LogP contribution in [0.25, 0.3) is 0 Å². The predicted octanol–water partition coefficient (Wildman–Crippen LogP) is 1.74. The van der Waals surface area contributed by atoms with Crippen LogP contribution in [0, 0.1) is 10.1 Å². The van der Waals surface area contributed by atoms with E-state index in [1.807, 2.05) is 12.1 Å². The van der Waals surface area contributed by atoms with Crippen molar-refractivity contribution in [3.05, 3.63) is 51.9 Å². The van der Waals surface area contributed by atoms with Gasteiger partial charge in [0.05, 0.1) is 0 Å². The minimum atomic E-state index is -0.518. The van der Waals surface area contributed by atoms with Crippen molar-refractivity contribution >= 4 is 0 Å². The molecule has 0 spiro atoms. The maximum absolute atomic E-state index is 10.4. The van der Waals surface area contributed by atoms with Crippen LogP contribution in [0.3, 0.4) is 0 Å². The number of para-hydroxylation sites is 1. The van der Waals surface area contributed by atoms with Gasteiger partial charge in [0.1, 0.15) is 10.7 Å². The second-order valence-corrected chi connectivity index (χ2v) is 2.71. The molecule has 0 aromatic heterocycles. The molecular weight excluding hydrogens is 170 g/mol. The fourth-order valence-corrected chi connectivity index (χ4v) is 1.24. The molecular formula is C9H7NO3. The van der Waals surface area contributed by atoms with Crippen molar-refractivity contribution in [2.45, 2.75) is 6.42 Å². The van der Waals surface area contributed by atoms with Crippen molar-refractivity contribution in [1.82, 2.24) is 0 Å². The summed E-state index contributed by atoms with van der Waals surface area (Å²) in [4.78, 5) is 9.86. The molecule has 0 N–H and O–H groups in total. The van der Waals surface area contributed by atoms with Crippen molar-refractivity contribution in [3.63, 3.8) is 0 Å². The summed E-state index contributed by atoms with van der Waals surface area (Å²) in [5, 5.41) is 10.4. The number of rotatable bonds is 1. The molecule has 4 nitrogen and oxygen atoms in total. The minimum absolute atomic E-state index is 0.182. The Morgan fingerprint density at radius 1 is 1.38 bits per heavy atom. The molecule has 0 fully saturated rings. The maximum atomic E-state index is 10.4. The number of ether oxygens (including phenoxy) is 1. The van der Waals surface area contributed by atoms with Crippen molar-refractivity contribution in [2.24, 2.45) is 0 Å². The van der Waals surface area contributed by atoms with E-state index >= 15 is 0 Å². The van der Waals surface area contributed by atoms with Gasteiger partial charge >= 0.3 is 5.88 Å². The first-order chi connectivity index (χ1) is 6.27. The van der Waals surface area contributed by atoms with Gasteiger partial charge in [-0.15, -0.1) is 0 Å². The normalized spacial score (nSPS) is 14.0. The lowest BCUT2D eigenvalue weighted by Crippen LogP contribution is -2.11. The van der Waals surface area contributed by atoms with Gasteiger partial charge in [0.25, 0.3) is 0 Å². The Bertz CT molecular complexity index is 384. The fraction of sp³-hybridized carbons (Fsp3) is 0.111. The maximum Gasteiger partial charge on any atom is 0.429 e. The second kappa shape index (κ2) is 2.90. The highest BCUT2D eigenvalue weighted by Crippen LogP contribution is 2.25. The Morgan fingerprint density at radius 3 is 2.92 bits per heavy atom. The lowest BCUT2D eigenvalue weighted by molar-refractivity contribution is -0.454. The molecule has 1 aromatic carbocycles. The summed E-state index contributed by atoms with van der Waals surface area (Å²) >= 11 is 0. The monoisotopic (exact) mass is 177 g/mol. The molecule has 0 amide bonds. The van der Waals surface area contributed by atoms with E-state index in [-0.39, 0.29) is 5.88 Å². The Balaban J connectivity index is 2.33. The third-order valence-electron chi connectivity index (χ3n) is 1.86. The molecule has 0 atom stereocenters. The zero-order chi connectivity index (χ0) is 9.26. The van der Waals surface area contributed by atoms with Crippen molar-refractivity contribution in [1.29, 1.82) is 0 Å². The summed E-state index contributed by atoms with van der Waals surface area (Å²) in [6.07, 6.45) is 2.04. The van der Waals surface area contributed by atoms with Gasteiger partial charge in [0.2, 0.25) is 0 Å². The Labute approximate surface area is 74.6 Å². The summed E-state index contributed by atoms with van der Waals surface area (Å²) in [5.74, 6) is 0.399. The van der Waals surface area contributed by atoms with E-state index in [1.165, 1.54) is 6.08 Å². The van der Waals surface area contributed by atoms with Gasteiger partial charge in [-0.3, -0.25) is 10.1 Å². The predicted molar refractivity (Wildman–Crippen MR) is 45.9 cm³/mol. The number of fused-ring (bicyclic) bond motifs is 1. The van der Waals surface area contributed by atoms with Crippen LogP contribution in [-0.4, -0.2) is 4.92 Å². The molecule has 0 unspecified atom stereocenters. The largest absolute Gasteiger partial charge is 0.429 e. The summed E-state index contributed by atoms with van der Waals surface area (Å²) in [5.41, 5.74) is 0.980. The van der Waals surface area contributed by atoms with Crippen LogP contribution in [0.4, 0.5) is 0 Å². The van der Waals surface area contributed by atoms with Crippen molar-refractivity contribution in [3.8, 4) is 5.75 Å². The minimum Gasteiger partial charge on any atom is -0.401 e. The Hall–Kier alpha value is -1.84. The smallest absolute Gasteiger partial charge is 0.401 e. The number of hydrogen-bond donors (Lipinski definition) is 0. The fourth-order valence-electron chi connectivity index (χ4n) is 1.24. The van der Waals surface area contributed by atoms with Gasteiger partial charge in [0.15, 0.2) is 0 Å². The van der Waals surface area contributed by atoms with Crippen molar-refractivity contribution < 1.29 is 9.66 Å². The van der Waals surface area contributed by atoms with Gasteiger partial charge in [-0.05, 0) is 11.6 Å². The molecule has 2 rings (SSSR count). The SMILES string of the molecule is O=[N+]([O-])C1=CCc2ccccc2O1. The molecule has 1 aromatic rings. The van der Waals surface area contributed by atoms with Crippen LogP contribution in [0.15, 0.2) is 36.2 Å². The number of nitro groups is 1. The molecule has 1 aliphatic rings. The molecule has 0 bridgehead atoms. The van der Waals surface area contributed by atoms with E-state index in [9.17, 15) is 10.1 Å². The molecule has 0 saturated carbocycles. The summed E-state index contributed by atoms with van der Waals surface area (Å²) < 4.78 is 5.06. The van der Waals surface area contributed by atoms with Crippen LogP contribution in [0.2, 0.25) is 0 Å². The van der Waals surface area contributed by atoms with Crippen molar-refractivity contribution in [2.75, 3.05) is 0 Å². The van der Waals surface area contributed by atoms with E-state index in [0.717, 1.165) is 5.56 Å². The third kappa shape index (κ3) is 1.38. The third-order valence-corrected chi connectivity index (χ3v) is 1.86. The quantitative estimate of drug-likeness (QED) is 0.485. The average molecular weight is 177 g/mol. The standard InChI is InChI=1S/C9H7NO3/c11-10(12)9-6-5-7-3-1-2-4-8(7)13-9/h1-4,6H,5H2. The Kier molecular flexibility index (Phi) is 1.73. The molecule has 0 aliphatic carbocycles. The first kappa shape index (κ1) is 7.79. The second-order valence-electron chi connectivity index (χ2n) is 2.71. The number of hydrogen-bond acceptors (Lipinski definition) is 3. The molecule has 4 heteroatoms. The van der Waals surface area contributed by atoms with E-state index in [4.69, 9.17) is 4.74 Å². The summed E-state index contributed by atoms with van der Waals surface area (Å²) in [6.45, 7) is 0. The van der Waals surface area contributed by atoms with Crippen LogP contribution in [0.1, 0.15) is 5.56 Å². The number of benzene rings is 1. The van der Waals surface area contributed by atoms with Crippen LogP contribution in [0.5, 0.6) is 5.75 Å². The molecule has 1 heterocycles. The highest BCUT2D eigenvalue weighted by Gasteiger charge is 2.19. The average Bonchev–Trinajstić information content (AvgIpc) is 2.17.